The molecule has 0 bridgehead atoms. The topological polar surface area (TPSA) is 54.0 Å². The van der Waals surface area contributed by atoms with Gasteiger partial charge < -0.3 is 19.7 Å². The lowest BCUT2D eigenvalue weighted by molar-refractivity contribution is -0.123. The Kier molecular flexibility index (Phi) is 6.43. The zero-order chi connectivity index (χ0) is 20.9. The molecule has 2 aromatic carbocycles. The predicted molar refractivity (Wildman–Crippen MR) is 118 cm³/mol. The summed E-state index contributed by atoms with van der Waals surface area (Å²) in [5, 5.41) is 3.24. The van der Waals surface area contributed by atoms with Gasteiger partial charge in [0.25, 0.3) is 0 Å². The van der Waals surface area contributed by atoms with Crippen LogP contribution in [0.1, 0.15) is 25.5 Å². The number of ether oxygens (including phenoxy) is 2. The molecule has 1 saturated heterocycles. The van der Waals surface area contributed by atoms with Crippen molar-refractivity contribution in [3.63, 3.8) is 0 Å². The van der Waals surface area contributed by atoms with Gasteiger partial charge in [0.15, 0.2) is 11.5 Å². The van der Waals surface area contributed by atoms with E-state index in [-0.39, 0.29) is 17.9 Å². The number of carbonyl (C=O) groups is 1. The highest BCUT2D eigenvalue weighted by molar-refractivity contribution is 5.78. The zero-order valence-corrected chi connectivity index (χ0v) is 17.8. The van der Waals surface area contributed by atoms with Crippen molar-refractivity contribution in [3.8, 4) is 11.5 Å². The maximum Gasteiger partial charge on any atom is 0.234 e. The maximum atomic E-state index is 12.8. The number of para-hydroxylation sites is 1. The monoisotopic (exact) mass is 409 g/mol. The van der Waals surface area contributed by atoms with Crippen LogP contribution in [-0.2, 0) is 4.79 Å². The zero-order valence-electron chi connectivity index (χ0n) is 17.8. The molecule has 0 radical (unpaired) electrons. The number of piperazine rings is 1. The second-order valence-electron chi connectivity index (χ2n) is 8.29. The van der Waals surface area contributed by atoms with Gasteiger partial charge in [0, 0.05) is 31.9 Å². The number of amides is 1. The van der Waals surface area contributed by atoms with Gasteiger partial charge in [-0.3, -0.25) is 9.69 Å². The third-order valence-electron chi connectivity index (χ3n) is 5.77. The Morgan fingerprint density at radius 1 is 0.967 bits per heavy atom. The van der Waals surface area contributed by atoms with E-state index in [0.717, 1.165) is 43.2 Å². The summed E-state index contributed by atoms with van der Waals surface area (Å²) in [7, 11) is 0. The van der Waals surface area contributed by atoms with Gasteiger partial charge in [-0.1, -0.05) is 38.1 Å². The summed E-state index contributed by atoms with van der Waals surface area (Å²) in [6, 6.07) is 16.4. The number of rotatable bonds is 6. The van der Waals surface area contributed by atoms with E-state index in [1.807, 2.05) is 24.3 Å². The molecule has 2 aliphatic rings. The van der Waals surface area contributed by atoms with Crippen LogP contribution in [0.15, 0.2) is 48.5 Å². The Balaban J connectivity index is 1.33. The summed E-state index contributed by atoms with van der Waals surface area (Å²) in [5.74, 6) is 1.87. The predicted octanol–water partition coefficient (Wildman–Crippen LogP) is 3.09. The second kappa shape index (κ2) is 9.39. The van der Waals surface area contributed by atoms with Crippen LogP contribution in [-0.4, -0.2) is 56.7 Å². The van der Waals surface area contributed by atoms with Crippen molar-refractivity contribution in [2.45, 2.75) is 19.9 Å². The van der Waals surface area contributed by atoms with E-state index >= 15 is 0 Å². The molecule has 2 heterocycles. The van der Waals surface area contributed by atoms with Gasteiger partial charge in [-0.15, -0.1) is 0 Å². The van der Waals surface area contributed by atoms with E-state index in [1.54, 1.807) is 0 Å². The molecule has 1 N–H and O–H groups in total. The standard InChI is InChI=1S/C24H31N3O3/c1-18(2)24(19-8-9-21-22(16-19)30-15-14-29-21)25-23(28)17-26-10-12-27(13-11-26)20-6-4-3-5-7-20/h3-9,16,18,24H,10-15,17H2,1-2H3,(H,25,28)/t24-/m1/s1. The number of hydrogen-bond donors (Lipinski definition) is 1. The molecule has 0 unspecified atom stereocenters. The van der Waals surface area contributed by atoms with Crippen molar-refractivity contribution in [1.82, 2.24) is 10.2 Å². The number of nitrogens with zero attached hydrogens (tertiary/aromatic N) is 2. The molecule has 6 nitrogen and oxygen atoms in total. The van der Waals surface area contributed by atoms with Gasteiger partial charge in [-0.2, -0.15) is 0 Å². The average Bonchev–Trinajstić information content (AvgIpc) is 2.78. The van der Waals surface area contributed by atoms with E-state index in [9.17, 15) is 4.79 Å². The first-order valence-corrected chi connectivity index (χ1v) is 10.8. The first kappa shape index (κ1) is 20.5. The van der Waals surface area contributed by atoms with Gasteiger partial charge in [-0.25, -0.2) is 0 Å². The van der Waals surface area contributed by atoms with Crippen LogP contribution in [0, 0.1) is 5.92 Å². The van der Waals surface area contributed by atoms with E-state index in [0.29, 0.717) is 19.8 Å². The lowest BCUT2D eigenvalue weighted by Gasteiger charge is -2.36. The van der Waals surface area contributed by atoms with Crippen LogP contribution < -0.4 is 19.7 Å². The van der Waals surface area contributed by atoms with Crippen LogP contribution in [0.2, 0.25) is 0 Å². The van der Waals surface area contributed by atoms with E-state index in [1.165, 1.54) is 5.69 Å². The molecule has 0 saturated carbocycles. The molecule has 2 aromatic rings. The molecule has 0 spiro atoms. The van der Waals surface area contributed by atoms with Crippen molar-refractivity contribution < 1.29 is 14.3 Å². The molecule has 30 heavy (non-hydrogen) atoms. The van der Waals surface area contributed by atoms with Crippen LogP contribution in [0.5, 0.6) is 11.5 Å². The normalized spacial score (nSPS) is 17.6. The maximum absolute atomic E-state index is 12.8. The van der Waals surface area contributed by atoms with Gasteiger partial charge >= 0.3 is 0 Å². The highest BCUT2D eigenvalue weighted by atomic mass is 16.6. The Bertz CT molecular complexity index is 848. The minimum atomic E-state index is -0.0565. The van der Waals surface area contributed by atoms with Gasteiger partial charge in [0.05, 0.1) is 12.6 Å². The highest BCUT2D eigenvalue weighted by Crippen LogP contribution is 2.34. The van der Waals surface area contributed by atoms with Crippen LogP contribution >= 0.6 is 0 Å². The van der Waals surface area contributed by atoms with Gasteiger partial charge in [-0.05, 0) is 35.7 Å². The first-order valence-electron chi connectivity index (χ1n) is 10.8. The molecule has 0 aromatic heterocycles. The summed E-state index contributed by atoms with van der Waals surface area (Å²) in [5.41, 5.74) is 2.30. The van der Waals surface area contributed by atoms with Crippen LogP contribution in [0.4, 0.5) is 5.69 Å². The summed E-state index contributed by atoms with van der Waals surface area (Å²) in [6.07, 6.45) is 0. The van der Waals surface area contributed by atoms with Crippen molar-refractivity contribution >= 4 is 11.6 Å². The second-order valence-corrected chi connectivity index (χ2v) is 8.29. The fourth-order valence-electron chi connectivity index (χ4n) is 4.11. The van der Waals surface area contributed by atoms with Crippen molar-refractivity contribution in [2.75, 3.05) is 50.8 Å². The SMILES string of the molecule is CC(C)[C@@H](NC(=O)CN1CCN(c2ccccc2)CC1)c1ccc2c(c1)OCCO2. The summed E-state index contributed by atoms with van der Waals surface area (Å²) >= 11 is 0. The molecule has 2 aliphatic heterocycles. The fourth-order valence-corrected chi connectivity index (χ4v) is 4.11. The molecule has 6 heteroatoms. The molecule has 160 valence electrons. The number of fused-ring (bicyclic) bond motifs is 1. The lowest BCUT2D eigenvalue weighted by Crippen LogP contribution is -2.50. The third kappa shape index (κ3) is 4.87. The molecule has 1 fully saturated rings. The fraction of sp³-hybridized carbons (Fsp3) is 0.458. The number of carbonyl (C=O) groups excluding carboxylic acids is 1. The minimum Gasteiger partial charge on any atom is -0.486 e. The Hall–Kier alpha value is -2.73. The van der Waals surface area contributed by atoms with Crippen molar-refractivity contribution in [1.29, 1.82) is 0 Å². The van der Waals surface area contributed by atoms with Gasteiger partial charge in [0.1, 0.15) is 13.2 Å². The molecule has 1 amide bonds. The first-order chi connectivity index (χ1) is 14.6. The molecule has 4 rings (SSSR count). The van der Waals surface area contributed by atoms with Crippen LogP contribution in [0.3, 0.4) is 0 Å². The number of anilines is 1. The number of benzene rings is 2. The lowest BCUT2D eigenvalue weighted by atomic mass is 9.95. The number of nitrogens with one attached hydrogen (secondary N) is 1. The Morgan fingerprint density at radius 2 is 1.67 bits per heavy atom. The largest absolute Gasteiger partial charge is 0.486 e. The van der Waals surface area contributed by atoms with Crippen molar-refractivity contribution in [2.24, 2.45) is 5.92 Å². The van der Waals surface area contributed by atoms with E-state index < -0.39 is 0 Å². The van der Waals surface area contributed by atoms with E-state index in [4.69, 9.17) is 9.47 Å². The molecule has 0 aliphatic carbocycles. The quantitative estimate of drug-likeness (QED) is 0.795. The van der Waals surface area contributed by atoms with E-state index in [2.05, 4.69) is 53.2 Å². The van der Waals surface area contributed by atoms with Gasteiger partial charge in [0.2, 0.25) is 5.91 Å². The summed E-state index contributed by atoms with van der Waals surface area (Å²) < 4.78 is 11.3. The summed E-state index contributed by atoms with van der Waals surface area (Å²) in [6.45, 7) is 9.47. The average molecular weight is 410 g/mol. The van der Waals surface area contributed by atoms with Crippen molar-refractivity contribution in [3.05, 3.63) is 54.1 Å². The summed E-state index contributed by atoms with van der Waals surface area (Å²) in [4.78, 5) is 17.4. The smallest absolute Gasteiger partial charge is 0.234 e. The Morgan fingerprint density at radius 3 is 2.37 bits per heavy atom. The Labute approximate surface area is 178 Å². The third-order valence-corrected chi connectivity index (χ3v) is 5.77. The molecular weight excluding hydrogens is 378 g/mol. The highest BCUT2D eigenvalue weighted by Gasteiger charge is 2.24. The van der Waals surface area contributed by atoms with Crippen LogP contribution in [0.25, 0.3) is 0 Å². The number of hydrogen-bond acceptors (Lipinski definition) is 5. The molecular formula is C24H31N3O3. The molecule has 1 atom stereocenters. The minimum absolute atomic E-state index is 0.0565.